The number of ether oxygens (including phenoxy) is 2. The van der Waals surface area contributed by atoms with Crippen molar-refractivity contribution in [3.05, 3.63) is 59.7 Å². The molecular weight excluding hydrogens is 316 g/mol. The van der Waals surface area contributed by atoms with E-state index in [0.29, 0.717) is 32.6 Å². The van der Waals surface area contributed by atoms with Crippen LogP contribution < -0.4 is 15.2 Å². The average molecular weight is 340 g/mol. The second kappa shape index (κ2) is 8.03. The fourth-order valence-corrected chi connectivity index (χ4v) is 2.92. The van der Waals surface area contributed by atoms with Gasteiger partial charge in [0.05, 0.1) is 0 Å². The Kier molecular flexibility index (Phi) is 5.56. The molecular formula is C20H24N2O3. The molecule has 1 aliphatic rings. The molecule has 0 bridgehead atoms. The Labute approximate surface area is 148 Å². The van der Waals surface area contributed by atoms with E-state index in [1.54, 1.807) is 11.9 Å². The van der Waals surface area contributed by atoms with Gasteiger partial charge in [0.2, 0.25) is 5.91 Å². The van der Waals surface area contributed by atoms with Gasteiger partial charge in [-0.05, 0) is 29.7 Å². The zero-order valence-electron chi connectivity index (χ0n) is 14.5. The Morgan fingerprint density at radius 1 is 1.08 bits per heavy atom. The molecule has 132 valence electrons. The van der Waals surface area contributed by atoms with Gasteiger partial charge in [0.15, 0.2) is 11.5 Å². The summed E-state index contributed by atoms with van der Waals surface area (Å²) >= 11 is 0. The zero-order valence-corrected chi connectivity index (χ0v) is 14.5. The minimum absolute atomic E-state index is 0.0401. The molecule has 0 spiro atoms. The van der Waals surface area contributed by atoms with Crippen molar-refractivity contribution in [3.63, 3.8) is 0 Å². The molecule has 2 aromatic carbocycles. The van der Waals surface area contributed by atoms with Crippen molar-refractivity contribution in [3.8, 4) is 11.5 Å². The quantitative estimate of drug-likeness (QED) is 0.877. The lowest BCUT2D eigenvalue weighted by Gasteiger charge is -2.22. The maximum atomic E-state index is 12.4. The Balaban J connectivity index is 1.53. The lowest BCUT2D eigenvalue weighted by atomic mass is 10.0. The van der Waals surface area contributed by atoms with Gasteiger partial charge in [-0.25, -0.2) is 0 Å². The van der Waals surface area contributed by atoms with Crippen LogP contribution in [0.25, 0.3) is 0 Å². The maximum Gasteiger partial charge on any atom is 0.224 e. The van der Waals surface area contributed by atoms with Crippen LogP contribution in [0.4, 0.5) is 0 Å². The second-order valence-corrected chi connectivity index (χ2v) is 6.38. The number of nitrogens with zero attached hydrogens (tertiary/aromatic N) is 1. The molecule has 2 N–H and O–H groups in total. The number of nitrogens with two attached hydrogens (primary N) is 1. The third-order valence-electron chi connectivity index (χ3n) is 4.23. The molecule has 0 aromatic heterocycles. The molecule has 25 heavy (non-hydrogen) atoms. The third kappa shape index (κ3) is 4.73. The second-order valence-electron chi connectivity index (χ2n) is 6.38. The highest BCUT2D eigenvalue weighted by Gasteiger charge is 2.16. The molecule has 2 aromatic rings. The van der Waals surface area contributed by atoms with Crippen LogP contribution in [0.3, 0.4) is 0 Å². The van der Waals surface area contributed by atoms with Crippen LogP contribution in [-0.2, 0) is 17.8 Å². The van der Waals surface area contributed by atoms with Gasteiger partial charge in [0.1, 0.15) is 13.2 Å². The minimum Gasteiger partial charge on any atom is -0.486 e. The molecule has 0 saturated carbocycles. The highest BCUT2D eigenvalue weighted by atomic mass is 16.6. The summed E-state index contributed by atoms with van der Waals surface area (Å²) in [5.74, 6) is 1.54. The molecule has 1 heterocycles. The number of hydrogen-bond donors (Lipinski definition) is 1. The van der Waals surface area contributed by atoms with Crippen molar-refractivity contribution in [2.45, 2.75) is 25.4 Å². The van der Waals surface area contributed by atoms with E-state index in [1.165, 1.54) is 0 Å². The van der Waals surface area contributed by atoms with Crippen molar-refractivity contribution in [1.29, 1.82) is 0 Å². The number of hydrogen-bond acceptors (Lipinski definition) is 4. The van der Waals surface area contributed by atoms with Gasteiger partial charge in [-0.1, -0.05) is 36.4 Å². The van der Waals surface area contributed by atoms with Gasteiger partial charge in [-0.2, -0.15) is 0 Å². The van der Waals surface area contributed by atoms with Crippen molar-refractivity contribution < 1.29 is 14.3 Å². The van der Waals surface area contributed by atoms with Crippen molar-refractivity contribution in [1.82, 2.24) is 4.90 Å². The van der Waals surface area contributed by atoms with Crippen LogP contribution >= 0.6 is 0 Å². The summed E-state index contributed by atoms with van der Waals surface area (Å²) in [6, 6.07) is 15.6. The molecule has 0 fully saturated rings. The summed E-state index contributed by atoms with van der Waals surface area (Å²) in [5, 5.41) is 0. The molecule has 0 radical (unpaired) electrons. The van der Waals surface area contributed by atoms with Crippen LogP contribution in [0, 0.1) is 0 Å². The number of carbonyl (C=O) groups is 1. The van der Waals surface area contributed by atoms with Gasteiger partial charge in [-0.3, -0.25) is 4.79 Å². The molecule has 1 amide bonds. The topological polar surface area (TPSA) is 64.8 Å². The van der Waals surface area contributed by atoms with E-state index in [2.05, 4.69) is 0 Å². The first kappa shape index (κ1) is 17.3. The smallest absolute Gasteiger partial charge is 0.224 e. The number of benzene rings is 2. The van der Waals surface area contributed by atoms with Crippen molar-refractivity contribution in [2.24, 2.45) is 5.73 Å². The standard InChI is InChI=1S/C20H24N2O3/c1-22(14-16-7-8-18-19(12-16)25-10-9-24-18)20(23)13-17(21)11-15-5-3-2-4-6-15/h2-8,12,17H,9-11,13-14,21H2,1H3/t17-/m0/s1. The van der Waals surface area contributed by atoms with Crippen LogP contribution in [0.1, 0.15) is 17.5 Å². The van der Waals surface area contributed by atoms with Gasteiger partial charge in [-0.15, -0.1) is 0 Å². The summed E-state index contributed by atoms with van der Waals surface area (Å²) in [4.78, 5) is 14.1. The number of rotatable bonds is 6. The fraction of sp³-hybridized carbons (Fsp3) is 0.350. The highest BCUT2D eigenvalue weighted by Crippen LogP contribution is 2.31. The predicted molar refractivity (Wildman–Crippen MR) is 96.6 cm³/mol. The Bertz CT molecular complexity index is 718. The summed E-state index contributed by atoms with van der Waals surface area (Å²) in [6.45, 7) is 1.65. The Morgan fingerprint density at radius 2 is 1.80 bits per heavy atom. The zero-order chi connectivity index (χ0) is 17.6. The number of carbonyl (C=O) groups excluding carboxylic acids is 1. The van der Waals surface area contributed by atoms with E-state index in [9.17, 15) is 4.79 Å². The van der Waals surface area contributed by atoms with E-state index in [1.807, 2.05) is 48.5 Å². The molecule has 0 saturated heterocycles. The molecule has 1 aliphatic heterocycles. The molecule has 0 unspecified atom stereocenters. The summed E-state index contributed by atoms with van der Waals surface area (Å²) in [6.07, 6.45) is 1.03. The van der Waals surface area contributed by atoms with Crippen LogP contribution in [-0.4, -0.2) is 37.1 Å². The van der Waals surface area contributed by atoms with Gasteiger partial charge in [0, 0.05) is 26.1 Å². The van der Waals surface area contributed by atoms with Crippen LogP contribution in [0.15, 0.2) is 48.5 Å². The van der Waals surface area contributed by atoms with E-state index in [0.717, 1.165) is 22.6 Å². The van der Waals surface area contributed by atoms with Gasteiger partial charge < -0.3 is 20.1 Å². The van der Waals surface area contributed by atoms with Gasteiger partial charge >= 0.3 is 0 Å². The SMILES string of the molecule is CN(Cc1ccc2c(c1)OCCO2)C(=O)C[C@@H](N)Cc1ccccc1. The van der Waals surface area contributed by atoms with Crippen molar-refractivity contribution in [2.75, 3.05) is 20.3 Å². The predicted octanol–water partition coefficient (Wildman–Crippen LogP) is 2.38. The maximum absolute atomic E-state index is 12.4. The van der Waals surface area contributed by atoms with Gasteiger partial charge in [0.25, 0.3) is 0 Å². The van der Waals surface area contributed by atoms with E-state index in [-0.39, 0.29) is 11.9 Å². The Morgan fingerprint density at radius 3 is 2.56 bits per heavy atom. The average Bonchev–Trinajstić information content (AvgIpc) is 2.62. The lowest BCUT2D eigenvalue weighted by Crippen LogP contribution is -2.34. The third-order valence-corrected chi connectivity index (χ3v) is 4.23. The monoisotopic (exact) mass is 340 g/mol. The first-order chi connectivity index (χ1) is 12.1. The highest BCUT2D eigenvalue weighted by molar-refractivity contribution is 5.76. The number of amides is 1. The first-order valence-electron chi connectivity index (χ1n) is 8.54. The summed E-state index contributed by atoms with van der Waals surface area (Å²) in [5.41, 5.74) is 8.31. The van der Waals surface area contributed by atoms with Crippen molar-refractivity contribution >= 4 is 5.91 Å². The molecule has 3 rings (SSSR count). The minimum atomic E-state index is -0.183. The van der Waals surface area contributed by atoms with E-state index >= 15 is 0 Å². The molecule has 5 heteroatoms. The van der Waals surface area contributed by atoms with Crippen LogP contribution in [0.5, 0.6) is 11.5 Å². The largest absolute Gasteiger partial charge is 0.486 e. The van der Waals surface area contributed by atoms with E-state index in [4.69, 9.17) is 15.2 Å². The molecule has 0 aliphatic carbocycles. The first-order valence-corrected chi connectivity index (χ1v) is 8.54. The molecule has 1 atom stereocenters. The summed E-state index contributed by atoms with van der Waals surface area (Å²) in [7, 11) is 1.80. The van der Waals surface area contributed by atoms with Crippen LogP contribution in [0.2, 0.25) is 0 Å². The Hall–Kier alpha value is -2.53. The molecule has 5 nitrogen and oxygen atoms in total. The normalized spacial score (nSPS) is 14.0. The fourth-order valence-electron chi connectivity index (χ4n) is 2.92. The number of fused-ring (bicyclic) bond motifs is 1. The van der Waals surface area contributed by atoms with E-state index < -0.39 is 0 Å². The summed E-state index contributed by atoms with van der Waals surface area (Å²) < 4.78 is 11.1. The lowest BCUT2D eigenvalue weighted by molar-refractivity contribution is -0.130.